The highest BCUT2D eigenvalue weighted by Crippen LogP contribution is 2.24. The van der Waals surface area contributed by atoms with E-state index in [1.165, 1.54) is 5.56 Å². The molecule has 0 fully saturated rings. The van der Waals surface area contributed by atoms with Gasteiger partial charge >= 0.3 is 0 Å². The van der Waals surface area contributed by atoms with Crippen LogP contribution in [0.3, 0.4) is 0 Å². The highest BCUT2D eigenvalue weighted by molar-refractivity contribution is 5.78. The highest BCUT2D eigenvalue weighted by atomic mass is 15.4. The standard InChI is InChI=1S/C12H17N3/c1-8(2)10-6-5-7-11-12(10)13-14-15(11)9(3)4/h5-9H,1-4H3. The van der Waals surface area contributed by atoms with Crippen LogP contribution in [0.2, 0.25) is 0 Å². The second-order valence-corrected chi connectivity index (χ2v) is 4.50. The van der Waals surface area contributed by atoms with Crippen LogP contribution in [0.5, 0.6) is 0 Å². The Bertz CT molecular complexity index is 469. The summed E-state index contributed by atoms with van der Waals surface area (Å²) in [6, 6.07) is 6.66. The second-order valence-electron chi connectivity index (χ2n) is 4.50. The molecule has 0 radical (unpaired) electrons. The van der Waals surface area contributed by atoms with Crippen molar-refractivity contribution < 1.29 is 0 Å². The fourth-order valence-corrected chi connectivity index (χ4v) is 1.83. The van der Waals surface area contributed by atoms with Crippen molar-refractivity contribution in [1.82, 2.24) is 15.0 Å². The lowest BCUT2D eigenvalue weighted by molar-refractivity contribution is 0.530. The number of benzene rings is 1. The van der Waals surface area contributed by atoms with E-state index in [1.54, 1.807) is 0 Å². The Labute approximate surface area is 90.1 Å². The average Bonchev–Trinajstić information content (AvgIpc) is 2.59. The Hall–Kier alpha value is -1.38. The van der Waals surface area contributed by atoms with E-state index in [0.29, 0.717) is 12.0 Å². The molecule has 0 amide bonds. The van der Waals surface area contributed by atoms with Gasteiger partial charge in [-0.3, -0.25) is 0 Å². The summed E-state index contributed by atoms with van der Waals surface area (Å²) in [4.78, 5) is 0. The molecular formula is C12H17N3. The molecule has 15 heavy (non-hydrogen) atoms. The predicted octanol–water partition coefficient (Wildman–Crippen LogP) is 3.14. The maximum absolute atomic E-state index is 4.27. The van der Waals surface area contributed by atoms with E-state index in [0.717, 1.165) is 11.0 Å². The quantitative estimate of drug-likeness (QED) is 0.750. The van der Waals surface area contributed by atoms with Crippen LogP contribution in [0.4, 0.5) is 0 Å². The number of nitrogens with zero attached hydrogens (tertiary/aromatic N) is 3. The zero-order valence-electron chi connectivity index (χ0n) is 9.73. The van der Waals surface area contributed by atoms with Crippen LogP contribution in [0.1, 0.15) is 45.2 Å². The van der Waals surface area contributed by atoms with Gasteiger partial charge in [-0.15, -0.1) is 5.10 Å². The summed E-state index contributed by atoms with van der Waals surface area (Å²) in [6.45, 7) is 8.61. The SMILES string of the molecule is CC(C)c1cccc2c1nnn2C(C)C. The molecule has 0 unspecified atom stereocenters. The lowest BCUT2D eigenvalue weighted by Crippen LogP contribution is -2.02. The van der Waals surface area contributed by atoms with Gasteiger partial charge in [0.15, 0.2) is 0 Å². The topological polar surface area (TPSA) is 30.7 Å². The number of fused-ring (bicyclic) bond motifs is 1. The van der Waals surface area contributed by atoms with Gasteiger partial charge in [0.25, 0.3) is 0 Å². The molecule has 3 heteroatoms. The fraction of sp³-hybridized carbons (Fsp3) is 0.500. The zero-order valence-corrected chi connectivity index (χ0v) is 9.73. The minimum atomic E-state index is 0.359. The maximum atomic E-state index is 4.27. The number of rotatable bonds is 2. The largest absolute Gasteiger partial charge is 0.242 e. The number of aromatic nitrogens is 3. The van der Waals surface area contributed by atoms with Gasteiger partial charge in [-0.25, -0.2) is 4.68 Å². The van der Waals surface area contributed by atoms with Gasteiger partial charge in [-0.05, 0) is 31.4 Å². The van der Waals surface area contributed by atoms with Crippen LogP contribution in [-0.2, 0) is 0 Å². The van der Waals surface area contributed by atoms with Crippen molar-refractivity contribution in [3.05, 3.63) is 23.8 Å². The van der Waals surface area contributed by atoms with Crippen molar-refractivity contribution >= 4 is 11.0 Å². The average molecular weight is 203 g/mol. The normalized spacial score (nSPS) is 11.9. The van der Waals surface area contributed by atoms with Crippen molar-refractivity contribution in [2.75, 3.05) is 0 Å². The minimum Gasteiger partial charge on any atom is -0.242 e. The van der Waals surface area contributed by atoms with Gasteiger partial charge in [-0.2, -0.15) is 0 Å². The van der Waals surface area contributed by atoms with Gasteiger partial charge in [0, 0.05) is 6.04 Å². The minimum absolute atomic E-state index is 0.359. The van der Waals surface area contributed by atoms with Crippen molar-refractivity contribution in [2.45, 2.75) is 39.7 Å². The first-order chi connectivity index (χ1) is 7.11. The molecule has 0 aliphatic carbocycles. The van der Waals surface area contributed by atoms with E-state index in [2.05, 4.69) is 56.2 Å². The maximum Gasteiger partial charge on any atom is 0.116 e. The lowest BCUT2D eigenvalue weighted by atomic mass is 10.0. The molecule has 3 nitrogen and oxygen atoms in total. The van der Waals surface area contributed by atoms with E-state index in [4.69, 9.17) is 0 Å². The number of hydrogen-bond donors (Lipinski definition) is 0. The molecule has 0 spiro atoms. The molecule has 0 bridgehead atoms. The van der Waals surface area contributed by atoms with Crippen molar-refractivity contribution in [2.24, 2.45) is 0 Å². The highest BCUT2D eigenvalue weighted by Gasteiger charge is 2.12. The molecule has 0 saturated carbocycles. The van der Waals surface area contributed by atoms with Gasteiger partial charge in [0.05, 0.1) is 5.52 Å². The summed E-state index contributed by atoms with van der Waals surface area (Å²) in [6.07, 6.45) is 0. The molecule has 2 aromatic rings. The molecule has 1 aromatic carbocycles. The van der Waals surface area contributed by atoms with Crippen LogP contribution in [0, 0.1) is 0 Å². The van der Waals surface area contributed by atoms with Crippen LogP contribution in [-0.4, -0.2) is 15.0 Å². The monoisotopic (exact) mass is 203 g/mol. The summed E-state index contributed by atoms with van der Waals surface area (Å²) in [5, 5.41) is 8.48. The Morgan fingerprint density at radius 1 is 1.13 bits per heavy atom. The summed E-state index contributed by atoms with van der Waals surface area (Å²) in [7, 11) is 0. The van der Waals surface area contributed by atoms with Crippen LogP contribution in [0.15, 0.2) is 18.2 Å². The molecule has 0 saturated heterocycles. The third kappa shape index (κ3) is 1.62. The fourth-order valence-electron chi connectivity index (χ4n) is 1.83. The van der Waals surface area contributed by atoms with Gasteiger partial charge in [0.2, 0.25) is 0 Å². The summed E-state index contributed by atoms with van der Waals surface area (Å²) in [5.41, 5.74) is 3.46. The molecule has 1 heterocycles. The van der Waals surface area contributed by atoms with Crippen molar-refractivity contribution in [3.63, 3.8) is 0 Å². The molecule has 1 aromatic heterocycles. The van der Waals surface area contributed by atoms with Crippen LogP contribution >= 0.6 is 0 Å². The van der Waals surface area contributed by atoms with Gasteiger partial charge in [-0.1, -0.05) is 31.2 Å². The first-order valence-corrected chi connectivity index (χ1v) is 5.45. The van der Waals surface area contributed by atoms with Crippen molar-refractivity contribution in [3.8, 4) is 0 Å². The molecule has 80 valence electrons. The Balaban J connectivity index is 2.69. The van der Waals surface area contributed by atoms with Gasteiger partial charge in [0.1, 0.15) is 5.52 Å². The predicted molar refractivity (Wildman–Crippen MR) is 62.0 cm³/mol. The van der Waals surface area contributed by atoms with Gasteiger partial charge < -0.3 is 0 Å². The first kappa shape index (κ1) is 10.1. The molecule has 0 aliphatic heterocycles. The smallest absolute Gasteiger partial charge is 0.116 e. The third-order valence-corrected chi connectivity index (χ3v) is 2.64. The molecular weight excluding hydrogens is 186 g/mol. The second kappa shape index (κ2) is 3.65. The Morgan fingerprint density at radius 2 is 1.87 bits per heavy atom. The lowest BCUT2D eigenvalue weighted by Gasteiger charge is -2.07. The first-order valence-electron chi connectivity index (χ1n) is 5.45. The third-order valence-electron chi connectivity index (χ3n) is 2.64. The zero-order chi connectivity index (χ0) is 11.0. The molecule has 2 rings (SSSR count). The summed E-state index contributed by atoms with van der Waals surface area (Å²) >= 11 is 0. The van der Waals surface area contributed by atoms with E-state index in [1.807, 2.05) is 4.68 Å². The Kier molecular flexibility index (Phi) is 2.47. The van der Waals surface area contributed by atoms with E-state index in [9.17, 15) is 0 Å². The molecule has 0 atom stereocenters. The summed E-state index contributed by atoms with van der Waals surface area (Å²) in [5.74, 6) is 0.492. The van der Waals surface area contributed by atoms with E-state index in [-0.39, 0.29) is 0 Å². The number of hydrogen-bond acceptors (Lipinski definition) is 2. The van der Waals surface area contributed by atoms with Crippen LogP contribution < -0.4 is 0 Å². The van der Waals surface area contributed by atoms with E-state index < -0.39 is 0 Å². The molecule has 0 aliphatic rings. The Morgan fingerprint density at radius 3 is 2.47 bits per heavy atom. The van der Waals surface area contributed by atoms with E-state index >= 15 is 0 Å². The van der Waals surface area contributed by atoms with Crippen molar-refractivity contribution in [1.29, 1.82) is 0 Å². The summed E-state index contributed by atoms with van der Waals surface area (Å²) < 4.78 is 1.97. The van der Waals surface area contributed by atoms with Crippen LogP contribution in [0.25, 0.3) is 11.0 Å². The molecule has 0 N–H and O–H groups in total.